The molecule has 0 amide bonds. The molecule has 17 heteroatoms. The third-order valence-electron chi connectivity index (χ3n) is 7.15. The minimum atomic E-state index is -1.19. The molecule has 0 fully saturated rings. The second-order valence-electron chi connectivity index (χ2n) is 10.7. The number of carbonyl (C=O) groups is 1. The van der Waals surface area contributed by atoms with Gasteiger partial charge in [0.1, 0.15) is 17.2 Å². The Balaban J connectivity index is 1.78. The van der Waals surface area contributed by atoms with Crippen LogP contribution in [-0.2, 0) is 8.57 Å². The van der Waals surface area contributed by atoms with Crippen LogP contribution in [0.25, 0.3) is 11.1 Å². The van der Waals surface area contributed by atoms with E-state index in [4.69, 9.17) is 14.2 Å². The van der Waals surface area contributed by atoms with Crippen LogP contribution in [0.2, 0.25) is 0 Å². The van der Waals surface area contributed by atoms with Crippen molar-refractivity contribution in [1.82, 2.24) is 0 Å². The number of hydrogen-bond donors (Lipinski definition) is 1. The van der Waals surface area contributed by atoms with Crippen LogP contribution in [-0.4, -0.2) is 11.1 Å². The summed E-state index contributed by atoms with van der Waals surface area (Å²) in [5.74, 6) is 0.480. The van der Waals surface area contributed by atoms with Gasteiger partial charge in [-0.25, -0.2) is 4.79 Å². The zero-order valence-electron chi connectivity index (χ0n) is 25.4. The monoisotopic (exact) mass is 1470 g/mol. The molecule has 0 saturated heterocycles. The Labute approximate surface area is 400 Å². The number of aromatic carboxylic acids is 1. The summed E-state index contributed by atoms with van der Waals surface area (Å²) in [5.41, 5.74) is 4.22. The number of carboxylic acids is 1. The zero-order valence-corrected chi connectivity index (χ0v) is 44.5. The number of hydrogen-bond acceptors (Lipinski definition) is 4. The predicted molar refractivity (Wildman–Crippen MR) is 252 cm³/mol. The lowest BCUT2D eigenvalue weighted by molar-refractivity contribution is 0.0697. The maximum absolute atomic E-state index is 13.1. The molecule has 0 aliphatic heterocycles. The Kier molecular flexibility index (Phi) is 14.9. The van der Waals surface area contributed by atoms with Crippen LogP contribution in [0.5, 0.6) is 34.5 Å². The van der Waals surface area contributed by atoms with Gasteiger partial charge in [-0.15, -0.1) is 0 Å². The van der Waals surface area contributed by atoms with E-state index in [2.05, 4.69) is 191 Å². The summed E-state index contributed by atoms with van der Waals surface area (Å²) in [6, 6.07) is 30.6. The van der Waals surface area contributed by atoms with E-state index in [0.29, 0.717) is 22.8 Å². The summed E-state index contributed by atoms with van der Waals surface area (Å²) < 4.78 is 17.1. The minimum Gasteiger partial charge on any atom is -0.478 e. The molecule has 0 aliphatic carbocycles. The molecule has 272 valence electrons. The molecule has 5 aromatic rings. The quantitative estimate of drug-likeness (QED) is 0.157. The van der Waals surface area contributed by atoms with Crippen LogP contribution in [0.15, 0.2) is 103 Å². The summed E-state index contributed by atoms with van der Waals surface area (Å²) in [4.78, 5) is 13.1. The van der Waals surface area contributed by atoms with Gasteiger partial charge in [-0.1, -0.05) is 252 Å². The Hall–Kier alpha value is 0.730. The summed E-state index contributed by atoms with van der Waals surface area (Å²) in [7, 11) is 0. The summed E-state index contributed by atoms with van der Waals surface area (Å²) >= 11 is 42.6. The first-order valence-electron chi connectivity index (χ1n) is 14.3. The maximum Gasteiger partial charge on any atom is 0.336 e. The highest BCUT2D eigenvalue weighted by atomic mass is 80.0. The van der Waals surface area contributed by atoms with Crippen molar-refractivity contribution in [2.75, 3.05) is 0 Å². The van der Waals surface area contributed by atoms with Crippen molar-refractivity contribution in [3.05, 3.63) is 131 Å². The molecule has 0 bridgehead atoms. The van der Waals surface area contributed by atoms with Gasteiger partial charge in [-0.3, -0.25) is 0 Å². The first-order chi connectivity index (χ1) is 24.1. The van der Waals surface area contributed by atoms with Crippen LogP contribution in [0.3, 0.4) is 0 Å². The van der Waals surface area contributed by atoms with Gasteiger partial charge < -0.3 is 19.3 Å². The number of halogens is 12. The van der Waals surface area contributed by atoms with Crippen LogP contribution in [0.4, 0.5) is 0 Å². The molecule has 0 saturated carbocycles. The lowest BCUT2D eigenvalue weighted by Gasteiger charge is -2.23. The molecular formula is C35H18Br12O5. The molecule has 0 aromatic heterocycles. The van der Waals surface area contributed by atoms with E-state index in [1.54, 1.807) is 36.4 Å². The van der Waals surface area contributed by atoms with Crippen LogP contribution >= 0.6 is 191 Å². The fraction of sp³-hybridized carbons (Fsp3) is 0.114. The predicted octanol–water partition coefficient (Wildman–Crippen LogP) is 17.6. The molecule has 0 atom stereocenters. The summed E-state index contributed by atoms with van der Waals surface area (Å²) in [6.07, 6.45) is 0. The van der Waals surface area contributed by atoms with E-state index in [1.165, 1.54) is 6.07 Å². The third kappa shape index (κ3) is 11.4. The fourth-order valence-electron chi connectivity index (χ4n) is 4.67. The van der Waals surface area contributed by atoms with E-state index >= 15 is 0 Å². The van der Waals surface area contributed by atoms with Crippen molar-refractivity contribution in [3.63, 3.8) is 0 Å². The molecule has 0 radical (unpaired) electrons. The first-order valence-corrected chi connectivity index (χ1v) is 23.8. The topological polar surface area (TPSA) is 65.0 Å². The molecule has 5 rings (SSSR count). The standard InChI is InChI=1S/C35H18Br12O5/c36-32(37,38)19-3-1-18(2-4-19)28-26(31(48)49)17-27(50-23-11-5-20(6-12-23)33(39,40)41)29(51-24-13-7-21(8-14-24)34(42,43)44)30(28)52-25-15-9-22(10-16-25)35(45,46)47/h1-17H,(H,48,49). The molecule has 52 heavy (non-hydrogen) atoms. The molecule has 5 nitrogen and oxygen atoms in total. The number of rotatable bonds is 8. The van der Waals surface area contributed by atoms with Gasteiger partial charge in [0.25, 0.3) is 0 Å². The Morgan fingerprint density at radius 2 is 0.750 bits per heavy atom. The number of ether oxygens (including phenoxy) is 3. The Morgan fingerprint density at radius 3 is 1.08 bits per heavy atom. The molecule has 0 spiro atoms. The van der Waals surface area contributed by atoms with Crippen LogP contribution in [0.1, 0.15) is 32.6 Å². The molecule has 1 N–H and O–H groups in total. The number of benzene rings is 5. The smallest absolute Gasteiger partial charge is 0.336 e. The highest BCUT2D eigenvalue weighted by Crippen LogP contribution is 2.54. The fourth-order valence-corrected chi connectivity index (χ4v) is 7.84. The van der Waals surface area contributed by atoms with Gasteiger partial charge in [0.05, 0.1) is 5.56 Å². The first kappa shape index (κ1) is 43.8. The lowest BCUT2D eigenvalue weighted by atomic mass is 9.96. The second-order valence-corrected chi connectivity index (χ2v) is 37.8. The SMILES string of the molecule is O=C(O)c1cc(Oc2ccc(C(Br)(Br)Br)cc2)c(Oc2ccc(C(Br)(Br)Br)cc2)c(Oc2ccc(C(Br)(Br)Br)cc2)c1-c1ccc(C(Br)(Br)Br)cc1. The highest BCUT2D eigenvalue weighted by molar-refractivity contribution is 9.39. The summed E-state index contributed by atoms with van der Waals surface area (Å²) in [5, 5.41) is 10.7. The van der Waals surface area contributed by atoms with Crippen molar-refractivity contribution >= 4 is 197 Å². The van der Waals surface area contributed by atoms with E-state index in [-0.39, 0.29) is 28.4 Å². The van der Waals surface area contributed by atoms with Crippen LogP contribution < -0.4 is 14.2 Å². The molecule has 0 unspecified atom stereocenters. The number of carboxylic acid groups (broad SMARTS) is 1. The average molecular weight is 1480 g/mol. The zero-order chi connectivity index (χ0) is 38.2. The Bertz CT molecular complexity index is 2050. The van der Waals surface area contributed by atoms with Gasteiger partial charge in [0, 0.05) is 11.6 Å². The van der Waals surface area contributed by atoms with E-state index < -0.39 is 14.5 Å². The van der Waals surface area contributed by atoms with Crippen molar-refractivity contribution in [3.8, 4) is 45.6 Å². The third-order valence-corrected chi connectivity index (χ3v) is 12.6. The van der Waals surface area contributed by atoms with Gasteiger partial charge in [-0.05, 0) is 64.2 Å². The van der Waals surface area contributed by atoms with E-state index in [0.717, 1.165) is 22.3 Å². The van der Waals surface area contributed by atoms with Gasteiger partial charge in [-0.2, -0.15) is 0 Å². The molecule has 0 aliphatic rings. The van der Waals surface area contributed by atoms with Crippen molar-refractivity contribution < 1.29 is 24.1 Å². The largest absolute Gasteiger partial charge is 0.478 e. The van der Waals surface area contributed by atoms with Gasteiger partial charge >= 0.3 is 5.97 Å². The molecule has 0 heterocycles. The highest BCUT2D eigenvalue weighted by Gasteiger charge is 2.30. The van der Waals surface area contributed by atoms with Gasteiger partial charge in [0.2, 0.25) is 5.75 Å². The lowest BCUT2D eigenvalue weighted by Crippen LogP contribution is -2.06. The van der Waals surface area contributed by atoms with Crippen molar-refractivity contribution in [2.45, 2.75) is 8.57 Å². The van der Waals surface area contributed by atoms with Gasteiger partial charge in [0.15, 0.2) is 20.1 Å². The number of alkyl halides is 12. The van der Waals surface area contributed by atoms with Crippen molar-refractivity contribution in [2.24, 2.45) is 0 Å². The van der Waals surface area contributed by atoms with E-state index in [1.807, 2.05) is 60.7 Å². The van der Waals surface area contributed by atoms with Crippen molar-refractivity contribution in [1.29, 1.82) is 0 Å². The Morgan fingerprint density at radius 1 is 0.442 bits per heavy atom. The summed E-state index contributed by atoms with van der Waals surface area (Å²) in [6.45, 7) is 0. The minimum absolute atomic E-state index is 0.0695. The molecular weight excluding hydrogens is 1460 g/mol. The average Bonchev–Trinajstić information content (AvgIpc) is 3.05. The normalized spacial score (nSPS) is 12.4. The molecule has 5 aromatic carbocycles. The maximum atomic E-state index is 13.1. The van der Waals surface area contributed by atoms with E-state index in [9.17, 15) is 9.90 Å². The second kappa shape index (κ2) is 17.7. The van der Waals surface area contributed by atoms with Crippen LogP contribution in [0, 0.1) is 0 Å².